The normalized spacial score (nSPS) is 11.8. The maximum atomic E-state index is 11.6. The fourth-order valence-electron chi connectivity index (χ4n) is 8.07. The Morgan fingerprint density at radius 1 is 0.534 bits per heavy atom. The summed E-state index contributed by atoms with van der Waals surface area (Å²) in [6.45, 7) is 17.6. The lowest BCUT2D eigenvalue weighted by molar-refractivity contribution is 0.305. The topological polar surface area (TPSA) is 83.0 Å². The first-order chi connectivity index (χ1) is 28.0. The van der Waals surface area contributed by atoms with Crippen LogP contribution in [0, 0.1) is 41.5 Å². The summed E-state index contributed by atoms with van der Waals surface area (Å²) >= 11 is 0. The second-order valence-electron chi connectivity index (χ2n) is 15.8. The highest BCUT2D eigenvalue weighted by atomic mass is 16.5. The molecule has 6 aromatic carbocycles. The van der Waals surface area contributed by atoms with Crippen LogP contribution in [0.4, 0.5) is 0 Å². The van der Waals surface area contributed by atoms with Crippen LogP contribution < -0.4 is 20.1 Å². The maximum Gasteiger partial charge on any atom is 0.128 e. The molecule has 0 aliphatic heterocycles. The lowest BCUT2D eigenvalue weighted by Crippen LogP contribution is -2.38. The second-order valence-corrected chi connectivity index (χ2v) is 15.8. The Labute approximate surface area is 345 Å². The molecule has 0 spiro atoms. The lowest BCUT2D eigenvalue weighted by atomic mass is 9.99. The summed E-state index contributed by atoms with van der Waals surface area (Å²) < 4.78 is 12.8. The van der Waals surface area contributed by atoms with E-state index in [1.54, 1.807) is 0 Å². The molecule has 0 amide bonds. The summed E-state index contributed by atoms with van der Waals surface area (Å²) in [7, 11) is 0. The predicted molar refractivity (Wildman–Crippen MR) is 239 cm³/mol. The molecule has 4 N–H and O–H groups in total. The fourth-order valence-corrected chi connectivity index (χ4v) is 8.07. The van der Waals surface area contributed by atoms with Gasteiger partial charge in [0.15, 0.2) is 0 Å². The van der Waals surface area contributed by atoms with Crippen molar-refractivity contribution < 1.29 is 19.7 Å². The molecule has 0 fully saturated rings. The number of benzene rings is 6. The molecule has 58 heavy (non-hydrogen) atoms. The van der Waals surface area contributed by atoms with E-state index in [1.807, 2.05) is 84.9 Å². The van der Waals surface area contributed by atoms with Crippen LogP contribution >= 0.6 is 0 Å². The molecule has 0 saturated heterocycles. The van der Waals surface area contributed by atoms with Crippen LogP contribution in [0.2, 0.25) is 0 Å². The molecule has 0 aromatic heterocycles. The average molecular weight is 777 g/mol. The molecule has 6 heteroatoms. The first-order valence-electron chi connectivity index (χ1n) is 20.7. The first-order valence-corrected chi connectivity index (χ1v) is 20.7. The van der Waals surface area contributed by atoms with Crippen LogP contribution in [0.5, 0.6) is 23.0 Å². The summed E-state index contributed by atoms with van der Waals surface area (Å²) in [6, 6.07) is 36.6. The second kappa shape index (κ2) is 19.7. The summed E-state index contributed by atoms with van der Waals surface area (Å²) in [5, 5.41) is 30.5. The van der Waals surface area contributed by atoms with Crippen molar-refractivity contribution in [3.63, 3.8) is 0 Å². The van der Waals surface area contributed by atoms with Crippen molar-refractivity contribution in [2.24, 2.45) is 0 Å². The molecule has 0 aliphatic rings. The monoisotopic (exact) mass is 776 g/mol. The van der Waals surface area contributed by atoms with Crippen molar-refractivity contribution >= 4 is 0 Å². The standard InChI is InChI=1S/C52H60N2O4/c1-8-9-18-42(54-30-41-17-15-22-46(52(41)56)44-20-11-13-24-50(44)58-33-48-38(6)27-35(3)28-39(48)7)31-53-29-40-16-14-21-45(51(40)55)43-19-10-12-23-49(43)57-32-47-36(4)25-34(2)26-37(47)5/h10-17,19-28,42,53-56H,8-9,18,29-33H2,1-7H3/t42-/m0/s1. The Morgan fingerprint density at radius 3 is 1.43 bits per heavy atom. The minimum absolute atomic E-state index is 0.160. The Morgan fingerprint density at radius 2 is 0.966 bits per heavy atom. The van der Waals surface area contributed by atoms with Gasteiger partial charge in [-0.1, -0.05) is 128 Å². The van der Waals surface area contributed by atoms with E-state index in [0.717, 1.165) is 64.1 Å². The SMILES string of the molecule is CCCC[C@@H](CNCc1cccc(-c2ccccc2OCc2c(C)cc(C)cc2C)c1O)NCc1cccc(-c2ccccc2OCc2c(C)cc(C)cc2C)c1O. The van der Waals surface area contributed by atoms with Gasteiger partial charge in [0.05, 0.1) is 0 Å². The number of rotatable bonds is 18. The molecule has 6 aromatic rings. The maximum absolute atomic E-state index is 11.6. The third kappa shape index (κ3) is 10.3. The van der Waals surface area contributed by atoms with E-state index in [1.165, 1.54) is 44.5 Å². The van der Waals surface area contributed by atoms with Crippen LogP contribution in [0.15, 0.2) is 109 Å². The van der Waals surface area contributed by atoms with E-state index in [-0.39, 0.29) is 17.5 Å². The molecule has 1 atom stereocenters. The molecular formula is C52H60N2O4. The highest BCUT2D eigenvalue weighted by Gasteiger charge is 2.18. The quantitative estimate of drug-likeness (QED) is 0.0696. The van der Waals surface area contributed by atoms with Gasteiger partial charge in [-0.2, -0.15) is 0 Å². The number of hydrogen-bond donors (Lipinski definition) is 4. The van der Waals surface area contributed by atoms with Gasteiger partial charge < -0.3 is 30.3 Å². The van der Waals surface area contributed by atoms with Gasteiger partial charge in [-0.3, -0.25) is 0 Å². The van der Waals surface area contributed by atoms with Crippen molar-refractivity contribution in [1.82, 2.24) is 10.6 Å². The molecule has 302 valence electrons. The highest BCUT2D eigenvalue weighted by molar-refractivity contribution is 5.77. The van der Waals surface area contributed by atoms with Crippen LogP contribution in [-0.4, -0.2) is 22.8 Å². The Bertz CT molecular complexity index is 2280. The van der Waals surface area contributed by atoms with E-state index in [0.29, 0.717) is 32.8 Å². The molecule has 0 radical (unpaired) electrons. The van der Waals surface area contributed by atoms with Gasteiger partial charge in [-0.05, 0) is 93.5 Å². The molecule has 6 nitrogen and oxygen atoms in total. The number of aromatic hydroxyl groups is 2. The molecule has 0 aliphatic carbocycles. The number of aryl methyl sites for hydroxylation is 6. The van der Waals surface area contributed by atoms with Gasteiger partial charge in [0.25, 0.3) is 0 Å². The van der Waals surface area contributed by atoms with Crippen LogP contribution in [0.25, 0.3) is 22.3 Å². The fraction of sp³-hybridized carbons (Fsp3) is 0.308. The minimum Gasteiger partial charge on any atom is -0.507 e. The van der Waals surface area contributed by atoms with Crippen molar-refractivity contribution in [1.29, 1.82) is 0 Å². The smallest absolute Gasteiger partial charge is 0.128 e. The number of phenols is 2. The summed E-state index contributed by atoms with van der Waals surface area (Å²) in [5.41, 5.74) is 14.6. The van der Waals surface area contributed by atoms with Crippen molar-refractivity contribution in [2.45, 2.75) is 100 Å². The van der Waals surface area contributed by atoms with Gasteiger partial charge in [0.1, 0.15) is 36.2 Å². The van der Waals surface area contributed by atoms with E-state index in [9.17, 15) is 10.2 Å². The summed E-state index contributed by atoms with van der Waals surface area (Å²) in [6.07, 6.45) is 3.15. The number of para-hydroxylation sites is 4. The van der Waals surface area contributed by atoms with E-state index in [4.69, 9.17) is 9.47 Å². The van der Waals surface area contributed by atoms with E-state index in [2.05, 4.69) is 83.4 Å². The zero-order chi connectivity index (χ0) is 41.2. The Kier molecular flexibility index (Phi) is 14.3. The van der Waals surface area contributed by atoms with Crippen LogP contribution in [0.1, 0.15) is 81.8 Å². The number of unbranched alkanes of at least 4 members (excludes halogenated alkanes) is 1. The van der Waals surface area contributed by atoms with Crippen LogP contribution in [-0.2, 0) is 26.3 Å². The molecule has 0 unspecified atom stereocenters. The molecule has 0 heterocycles. The number of hydrogen-bond acceptors (Lipinski definition) is 6. The van der Waals surface area contributed by atoms with Gasteiger partial charge >= 0.3 is 0 Å². The van der Waals surface area contributed by atoms with Gasteiger partial charge in [-0.15, -0.1) is 0 Å². The molecule has 6 rings (SSSR count). The number of ether oxygens (including phenoxy) is 2. The summed E-state index contributed by atoms with van der Waals surface area (Å²) in [5.74, 6) is 1.98. The Balaban J connectivity index is 1.11. The lowest BCUT2D eigenvalue weighted by Gasteiger charge is -2.21. The number of nitrogens with one attached hydrogen (secondary N) is 2. The van der Waals surface area contributed by atoms with Crippen molar-refractivity contribution in [2.75, 3.05) is 6.54 Å². The Hall–Kier alpha value is -5.56. The van der Waals surface area contributed by atoms with Gasteiger partial charge in [0, 0.05) is 59.1 Å². The van der Waals surface area contributed by atoms with Crippen molar-refractivity contribution in [3.05, 3.63) is 165 Å². The zero-order valence-corrected chi connectivity index (χ0v) is 35.3. The average Bonchev–Trinajstić information content (AvgIpc) is 3.19. The highest BCUT2D eigenvalue weighted by Crippen LogP contribution is 2.40. The molecular weight excluding hydrogens is 717 g/mol. The third-order valence-corrected chi connectivity index (χ3v) is 11.2. The number of phenolic OH excluding ortho intramolecular Hbond substituents is 2. The van der Waals surface area contributed by atoms with E-state index < -0.39 is 0 Å². The van der Waals surface area contributed by atoms with Crippen molar-refractivity contribution in [3.8, 4) is 45.3 Å². The van der Waals surface area contributed by atoms with E-state index >= 15 is 0 Å². The molecule has 0 bridgehead atoms. The molecule has 0 saturated carbocycles. The largest absolute Gasteiger partial charge is 0.507 e. The minimum atomic E-state index is 0.160. The summed E-state index contributed by atoms with van der Waals surface area (Å²) in [4.78, 5) is 0. The van der Waals surface area contributed by atoms with Gasteiger partial charge in [0.2, 0.25) is 0 Å². The third-order valence-electron chi connectivity index (χ3n) is 11.2. The first kappa shape index (κ1) is 42.1. The van der Waals surface area contributed by atoms with Gasteiger partial charge in [-0.25, -0.2) is 0 Å². The zero-order valence-electron chi connectivity index (χ0n) is 35.3. The predicted octanol–water partition coefficient (Wildman–Crippen LogP) is 11.9. The van der Waals surface area contributed by atoms with Crippen LogP contribution in [0.3, 0.4) is 0 Å².